The maximum absolute atomic E-state index is 13.5. The molecule has 0 aromatic heterocycles. The fourth-order valence-corrected chi connectivity index (χ4v) is 1.39. The van der Waals surface area contributed by atoms with Crippen molar-refractivity contribution in [2.45, 2.75) is 26.3 Å². The summed E-state index contributed by atoms with van der Waals surface area (Å²) in [4.78, 5) is 0. The van der Waals surface area contributed by atoms with E-state index < -0.39 is 11.6 Å². The van der Waals surface area contributed by atoms with Crippen LogP contribution in [0.5, 0.6) is 0 Å². The molecule has 16 heavy (non-hydrogen) atoms. The van der Waals surface area contributed by atoms with Crippen LogP contribution in [0.3, 0.4) is 0 Å². The molecule has 1 aromatic rings. The monoisotopic (exact) mass is 229 g/mol. The third kappa shape index (κ3) is 3.45. The van der Waals surface area contributed by atoms with Crippen LogP contribution in [-0.2, 0) is 4.74 Å². The first-order valence-corrected chi connectivity index (χ1v) is 5.25. The van der Waals surface area contributed by atoms with Crippen molar-refractivity contribution in [2.24, 2.45) is 0 Å². The lowest BCUT2D eigenvalue weighted by Gasteiger charge is -2.15. The molecule has 0 aliphatic rings. The van der Waals surface area contributed by atoms with Gasteiger partial charge in [-0.2, -0.15) is 0 Å². The summed E-state index contributed by atoms with van der Waals surface area (Å²) in [7, 11) is 1.61. The number of aryl methyl sites for hydroxylation is 1. The van der Waals surface area contributed by atoms with Gasteiger partial charge < -0.3 is 10.1 Å². The van der Waals surface area contributed by atoms with E-state index in [0.29, 0.717) is 12.2 Å². The highest BCUT2D eigenvalue weighted by molar-refractivity contribution is 5.47. The smallest absolute Gasteiger partial charge is 0.146 e. The summed E-state index contributed by atoms with van der Waals surface area (Å²) in [5.41, 5.74) is 0.513. The van der Waals surface area contributed by atoms with Gasteiger partial charge in [-0.05, 0) is 31.9 Å². The fraction of sp³-hybridized carbons (Fsp3) is 0.500. The quantitative estimate of drug-likeness (QED) is 0.837. The molecule has 0 bridgehead atoms. The molecular formula is C12H17F2NO. The second kappa shape index (κ2) is 5.80. The van der Waals surface area contributed by atoms with Crippen molar-refractivity contribution >= 4 is 5.69 Å². The number of halogens is 2. The molecule has 0 amide bonds. The molecule has 90 valence electrons. The fourth-order valence-electron chi connectivity index (χ4n) is 1.39. The van der Waals surface area contributed by atoms with Crippen LogP contribution in [-0.4, -0.2) is 19.8 Å². The van der Waals surface area contributed by atoms with E-state index in [9.17, 15) is 8.78 Å². The van der Waals surface area contributed by atoms with Crippen LogP contribution in [0.15, 0.2) is 12.1 Å². The first-order chi connectivity index (χ1) is 7.54. The summed E-state index contributed by atoms with van der Waals surface area (Å²) in [6.07, 6.45) is 0.742. The number of ether oxygens (including phenoxy) is 1. The zero-order chi connectivity index (χ0) is 12.1. The molecule has 0 heterocycles. The maximum atomic E-state index is 13.5. The molecule has 1 aromatic carbocycles. The Morgan fingerprint density at radius 1 is 1.31 bits per heavy atom. The zero-order valence-electron chi connectivity index (χ0n) is 9.81. The summed E-state index contributed by atoms with van der Waals surface area (Å²) in [6, 6.07) is 2.42. The Balaban J connectivity index is 2.69. The van der Waals surface area contributed by atoms with E-state index in [1.54, 1.807) is 7.11 Å². The van der Waals surface area contributed by atoms with Crippen LogP contribution in [0.25, 0.3) is 0 Å². The molecule has 0 fully saturated rings. The topological polar surface area (TPSA) is 21.3 Å². The first kappa shape index (κ1) is 12.9. The van der Waals surface area contributed by atoms with E-state index in [1.807, 2.05) is 6.92 Å². The molecule has 0 aliphatic heterocycles. The minimum absolute atomic E-state index is 0.0385. The minimum Gasteiger partial charge on any atom is -0.385 e. The largest absolute Gasteiger partial charge is 0.385 e. The number of hydrogen-bond acceptors (Lipinski definition) is 2. The molecule has 0 spiro atoms. The van der Waals surface area contributed by atoms with Crippen LogP contribution >= 0.6 is 0 Å². The molecule has 4 heteroatoms. The predicted molar refractivity (Wildman–Crippen MR) is 60.7 cm³/mol. The van der Waals surface area contributed by atoms with E-state index in [4.69, 9.17) is 4.74 Å². The van der Waals surface area contributed by atoms with Gasteiger partial charge in [-0.1, -0.05) is 0 Å². The van der Waals surface area contributed by atoms with Crippen molar-refractivity contribution in [1.29, 1.82) is 0 Å². The number of benzene rings is 1. The standard InChI is InChI=1S/C12H17F2NO/c1-8-6-11(14)12(7-10(8)13)15-9(2)4-5-16-3/h6-7,9,15H,4-5H2,1-3H3. The Labute approximate surface area is 94.6 Å². The molecule has 1 rings (SSSR count). The minimum atomic E-state index is -0.428. The lowest BCUT2D eigenvalue weighted by Crippen LogP contribution is -2.18. The molecular weight excluding hydrogens is 212 g/mol. The Hall–Kier alpha value is -1.16. The number of methoxy groups -OCH3 is 1. The van der Waals surface area contributed by atoms with Crippen LogP contribution in [0.2, 0.25) is 0 Å². The van der Waals surface area contributed by atoms with Gasteiger partial charge in [-0.25, -0.2) is 8.78 Å². The van der Waals surface area contributed by atoms with Gasteiger partial charge in [0.1, 0.15) is 11.6 Å². The number of hydrogen-bond donors (Lipinski definition) is 1. The van der Waals surface area contributed by atoms with Crippen molar-refractivity contribution in [3.63, 3.8) is 0 Å². The lowest BCUT2D eigenvalue weighted by molar-refractivity contribution is 0.191. The molecule has 2 nitrogen and oxygen atoms in total. The van der Waals surface area contributed by atoms with Gasteiger partial charge in [0.05, 0.1) is 5.69 Å². The van der Waals surface area contributed by atoms with Gasteiger partial charge in [-0.15, -0.1) is 0 Å². The number of nitrogens with one attached hydrogen (secondary N) is 1. The molecule has 0 aliphatic carbocycles. The maximum Gasteiger partial charge on any atom is 0.146 e. The van der Waals surface area contributed by atoms with E-state index in [2.05, 4.69) is 5.32 Å². The van der Waals surface area contributed by atoms with Crippen molar-refractivity contribution in [3.8, 4) is 0 Å². The highest BCUT2D eigenvalue weighted by atomic mass is 19.1. The highest BCUT2D eigenvalue weighted by Crippen LogP contribution is 2.19. The Morgan fingerprint density at radius 2 is 2.00 bits per heavy atom. The predicted octanol–water partition coefficient (Wildman–Crippen LogP) is 3.11. The second-order valence-corrected chi connectivity index (χ2v) is 3.91. The van der Waals surface area contributed by atoms with Gasteiger partial charge in [0.15, 0.2) is 0 Å². The Bertz CT molecular complexity index is 355. The molecule has 0 saturated heterocycles. The van der Waals surface area contributed by atoms with Crippen LogP contribution in [0, 0.1) is 18.6 Å². The average molecular weight is 229 g/mol. The van der Waals surface area contributed by atoms with Gasteiger partial charge in [-0.3, -0.25) is 0 Å². The summed E-state index contributed by atoms with van der Waals surface area (Å²) in [6.45, 7) is 4.02. The van der Waals surface area contributed by atoms with Gasteiger partial charge in [0.25, 0.3) is 0 Å². The van der Waals surface area contributed by atoms with Gasteiger partial charge in [0.2, 0.25) is 0 Å². The van der Waals surface area contributed by atoms with Crippen molar-refractivity contribution in [2.75, 3.05) is 19.0 Å². The summed E-state index contributed by atoms with van der Waals surface area (Å²) < 4.78 is 31.6. The van der Waals surface area contributed by atoms with Crippen molar-refractivity contribution in [3.05, 3.63) is 29.3 Å². The first-order valence-electron chi connectivity index (χ1n) is 5.25. The van der Waals surface area contributed by atoms with Crippen molar-refractivity contribution in [1.82, 2.24) is 0 Å². The Kier molecular flexibility index (Phi) is 4.68. The summed E-state index contributed by atoms with van der Waals surface area (Å²) in [5.74, 6) is -0.828. The zero-order valence-corrected chi connectivity index (χ0v) is 9.81. The average Bonchev–Trinajstić information content (AvgIpc) is 2.23. The highest BCUT2D eigenvalue weighted by Gasteiger charge is 2.09. The van der Waals surface area contributed by atoms with Crippen LogP contribution in [0.1, 0.15) is 18.9 Å². The van der Waals surface area contributed by atoms with E-state index in [1.165, 1.54) is 19.1 Å². The SMILES string of the molecule is COCCC(C)Nc1cc(F)c(C)cc1F. The van der Waals surface area contributed by atoms with E-state index in [0.717, 1.165) is 6.42 Å². The van der Waals surface area contributed by atoms with Gasteiger partial charge >= 0.3 is 0 Å². The van der Waals surface area contributed by atoms with E-state index >= 15 is 0 Å². The molecule has 0 radical (unpaired) electrons. The van der Waals surface area contributed by atoms with E-state index in [-0.39, 0.29) is 11.7 Å². The Morgan fingerprint density at radius 3 is 2.62 bits per heavy atom. The number of rotatable bonds is 5. The van der Waals surface area contributed by atoms with Crippen LogP contribution in [0.4, 0.5) is 14.5 Å². The molecule has 1 N–H and O–H groups in total. The second-order valence-electron chi connectivity index (χ2n) is 3.91. The molecule has 1 unspecified atom stereocenters. The molecule has 0 saturated carbocycles. The van der Waals surface area contributed by atoms with Crippen LogP contribution < -0.4 is 5.32 Å². The normalized spacial score (nSPS) is 12.6. The van der Waals surface area contributed by atoms with Gasteiger partial charge in [0, 0.05) is 25.8 Å². The lowest BCUT2D eigenvalue weighted by atomic mass is 10.1. The third-order valence-electron chi connectivity index (χ3n) is 2.41. The third-order valence-corrected chi connectivity index (χ3v) is 2.41. The molecule has 1 atom stereocenters. The van der Waals surface area contributed by atoms with Crippen molar-refractivity contribution < 1.29 is 13.5 Å². The number of anilines is 1. The summed E-state index contributed by atoms with van der Waals surface area (Å²) >= 11 is 0. The summed E-state index contributed by atoms with van der Waals surface area (Å²) in [5, 5.41) is 2.92.